The summed E-state index contributed by atoms with van der Waals surface area (Å²) in [5.41, 5.74) is 2.50. The van der Waals surface area contributed by atoms with Crippen LogP contribution in [0.15, 0.2) is 24.3 Å². The lowest BCUT2D eigenvalue weighted by Gasteiger charge is -2.33. The highest BCUT2D eigenvalue weighted by Gasteiger charge is 2.24. The highest BCUT2D eigenvalue weighted by Crippen LogP contribution is 2.23. The summed E-state index contributed by atoms with van der Waals surface area (Å²) in [7, 11) is 3.67. The van der Waals surface area contributed by atoms with Gasteiger partial charge in [0.05, 0.1) is 5.92 Å². The smallest absolute Gasteiger partial charge is 0.224 e. The maximum Gasteiger partial charge on any atom is 0.224 e. The number of carbonyl (C=O) groups excluding carboxylic acids is 1. The number of anilines is 1. The van der Waals surface area contributed by atoms with Crippen LogP contribution in [-0.4, -0.2) is 33.1 Å². The van der Waals surface area contributed by atoms with Crippen molar-refractivity contribution in [3.05, 3.63) is 29.8 Å². The van der Waals surface area contributed by atoms with Crippen molar-refractivity contribution >= 4 is 11.6 Å². The summed E-state index contributed by atoms with van der Waals surface area (Å²) in [6.45, 7) is 2.76. The van der Waals surface area contributed by atoms with E-state index >= 15 is 0 Å². The van der Waals surface area contributed by atoms with Gasteiger partial charge in [-0.1, -0.05) is 12.1 Å². The molecule has 1 aliphatic rings. The SMILES string of the molecule is CNCc1ccc(N2CCCC(C(=O)NC)C2)cc1. The van der Waals surface area contributed by atoms with Crippen LogP contribution in [0.4, 0.5) is 5.69 Å². The number of amides is 1. The molecule has 1 saturated heterocycles. The van der Waals surface area contributed by atoms with Crippen molar-refractivity contribution in [1.82, 2.24) is 10.6 Å². The summed E-state index contributed by atoms with van der Waals surface area (Å²) < 4.78 is 0. The molecule has 1 atom stereocenters. The zero-order valence-electron chi connectivity index (χ0n) is 11.8. The first kappa shape index (κ1) is 13.9. The van der Waals surface area contributed by atoms with Crippen LogP contribution in [-0.2, 0) is 11.3 Å². The van der Waals surface area contributed by atoms with E-state index in [-0.39, 0.29) is 11.8 Å². The minimum Gasteiger partial charge on any atom is -0.371 e. The molecule has 1 aliphatic heterocycles. The van der Waals surface area contributed by atoms with Gasteiger partial charge in [-0.3, -0.25) is 4.79 Å². The van der Waals surface area contributed by atoms with Crippen molar-refractivity contribution in [2.24, 2.45) is 5.92 Å². The number of nitrogens with zero attached hydrogens (tertiary/aromatic N) is 1. The van der Waals surface area contributed by atoms with E-state index in [1.54, 1.807) is 7.05 Å². The Morgan fingerprint density at radius 1 is 1.32 bits per heavy atom. The van der Waals surface area contributed by atoms with Gasteiger partial charge in [0, 0.05) is 32.4 Å². The third-order valence-electron chi connectivity index (χ3n) is 3.72. The van der Waals surface area contributed by atoms with Gasteiger partial charge < -0.3 is 15.5 Å². The predicted octanol–water partition coefficient (Wildman–Crippen LogP) is 1.37. The van der Waals surface area contributed by atoms with Gasteiger partial charge in [0.1, 0.15) is 0 Å². The predicted molar refractivity (Wildman–Crippen MR) is 78.2 cm³/mol. The largest absolute Gasteiger partial charge is 0.371 e. The molecule has 4 heteroatoms. The van der Waals surface area contributed by atoms with Crippen LogP contribution < -0.4 is 15.5 Å². The molecule has 2 rings (SSSR count). The van der Waals surface area contributed by atoms with Gasteiger partial charge in [-0.25, -0.2) is 0 Å². The third-order valence-corrected chi connectivity index (χ3v) is 3.72. The Bertz CT molecular complexity index is 416. The van der Waals surface area contributed by atoms with E-state index in [4.69, 9.17) is 0 Å². The van der Waals surface area contributed by atoms with Crippen LogP contribution in [0.3, 0.4) is 0 Å². The van der Waals surface area contributed by atoms with E-state index in [1.165, 1.54) is 11.3 Å². The molecule has 0 aliphatic carbocycles. The van der Waals surface area contributed by atoms with E-state index in [0.29, 0.717) is 0 Å². The molecule has 0 aromatic heterocycles. The van der Waals surface area contributed by atoms with Crippen LogP contribution in [0.5, 0.6) is 0 Å². The van der Waals surface area contributed by atoms with Crippen LogP contribution in [0.25, 0.3) is 0 Å². The number of benzene rings is 1. The fourth-order valence-electron chi connectivity index (χ4n) is 2.66. The summed E-state index contributed by atoms with van der Waals surface area (Å²) in [5.74, 6) is 0.284. The average molecular weight is 261 g/mol. The fraction of sp³-hybridized carbons (Fsp3) is 0.533. The molecule has 2 N–H and O–H groups in total. The van der Waals surface area contributed by atoms with Gasteiger partial charge in [0.25, 0.3) is 0 Å². The molecule has 4 nitrogen and oxygen atoms in total. The maximum absolute atomic E-state index is 11.7. The highest BCUT2D eigenvalue weighted by atomic mass is 16.1. The topological polar surface area (TPSA) is 44.4 Å². The molecule has 104 valence electrons. The molecule has 1 heterocycles. The Labute approximate surface area is 115 Å². The molecular formula is C15H23N3O. The van der Waals surface area contributed by atoms with Crippen molar-refractivity contribution < 1.29 is 4.79 Å². The molecule has 1 fully saturated rings. The van der Waals surface area contributed by atoms with E-state index in [2.05, 4.69) is 39.8 Å². The van der Waals surface area contributed by atoms with E-state index < -0.39 is 0 Å². The number of carbonyl (C=O) groups is 1. The first-order valence-electron chi connectivity index (χ1n) is 6.94. The number of hydrogen-bond donors (Lipinski definition) is 2. The highest BCUT2D eigenvalue weighted by molar-refractivity contribution is 5.79. The number of piperidine rings is 1. The van der Waals surface area contributed by atoms with Gasteiger partial charge in [-0.05, 0) is 37.6 Å². The molecule has 19 heavy (non-hydrogen) atoms. The van der Waals surface area contributed by atoms with Gasteiger partial charge in [-0.2, -0.15) is 0 Å². The lowest BCUT2D eigenvalue weighted by Crippen LogP contribution is -2.42. The first-order valence-corrected chi connectivity index (χ1v) is 6.94. The molecule has 1 unspecified atom stereocenters. The average Bonchev–Trinajstić information content (AvgIpc) is 2.48. The fourth-order valence-corrected chi connectivity index (χ4v) is 2.66. The summed E-state index contributed by atoms with van der Waals surface area (Å²) in [4.78, 5) is 14.0. The Morgan fingerprint density at radius 3 is 2.68 bits per heavy atom. The molecular weight excluding hydrogens is 238 g/mol. The summed E-state index contributed by atoms with van der Waals surface area (Å²) in [6.07, 6.45) is 2.07. The molecule has 1 aromatic rings. The van der Waals surface area contributed by atoms with Crippen molar-refractivity contribution in [1.29, 1.82) is 0 Å². The quantitative estimate of drug-likeness (QED) is 0.860. The zero-order chi connectivity index (χ0) is 13.7. The van der Waals surface area contributed by atoms with Gasteiger partial charge in [-0.15, -0.1) is 0 Å². The van der Waals surface area contributed by atoms with Crippen LogP contribution in [0.1, 0.15) is 18.4 Å². The van der Waals surface area contributed by atoms with Crippen molar-refractivity contribution in [2.75, 3.05) is 32.1 Å². The number of hydrogen-bond acceptors (Lipinski definition) is 3. The Kier molecular flexibility index (Phi) is 4.80. The Morgan fingerprint density at radius 2 is 2.05 bits per heavy atom. The normalized spacial score (nSPS) is 19.3. The maximum atomic E-state index is 11.7. The molecule has 1 aromatic carbocycles. The summed E-state index contributed by atoms with van der Waals surface area (Å²) in [6, 6.07) is 8.60. The van der Waals surface area contributed by atoms with Crippen LogP contribution in [0.2, 0.25) is 0 Å². The zero-order valence-corrected chi connectivity index (χ0v) is 11.8. The molecule has 0 spiro atoms. The number of rotatable bonds is 4. The summed E-state index contributed by atoms with van der Waals surface area (Å²) in [5, 5.41) is 5.90. The molecule has 1 amide bonds. The van der Waals surface area contributed by atoms with E-state index in [0.717, 1.165) is 32.5 Å². The van der Waals surface area contributed by atoms with E-state index in [1.807, 2.05) is 7.05 Å². The third kappa shape index (κ3) is 3.47. The number of nitrogens with one attached hydrogen (secondary N) is 2. The van der Waals surface area contributed by atoms with Crippen LogP contribution in [0, 0.1) is 5.92 Å². The van der Waals surface area contributed by atoms with Gasteiger partial charge >= 0.3 is 0 Å². The standard InChI is InChI=1S/C15H23N3O/c1-16-10-12-5-7-14(8-6-12)18-9-3-4-13(11-18)15(19)17-2/h5-8,13,16H,3-4,9-11H2,1-2H3,(H,17,19). The monoisotopic (exact) mass is 261 g/mol. The summed E-state index contributed by atoms with van der Waals surface area (Å²) >= 11 is 0. The lowest BCUT2D eigenvalue weighted by molar-refractivity contribution is -0.124. The molecule has 0 radical (unpaired) electrons. The van der Waals surface area contributed by atoms with Crippen molar-refractivity contribution in [2.45, 2.75) is 19.4 Å². The lowest BCUT2D eigenvalue weighted by atomic mass is 9.96. The Balaban J connectivity index is 2.02. The van der Waals surface area contributed by atoms with Gasteiger partial charge in [0.2, 0.25) is 5.91 Å². The minimum absolute atomic E-state index is 0.121. The Hall–Kier alpha value is -1.55. The first-order chi connectivity index (χ1) is 9.24. The molecule has 0 bridgehead atoms. The minimum atomic E-state index is 0.121. The van der Waals surface area contributed by atoms with Crippen LogP contribution >= 0.6 is 0 Å². The van der Waals surface area contributed by atoms with E-state index in [9.17, 15) is 4.79 Å². The van der Waals surface area contributed by atoms with Gasteiger partial charge in [0.15, 0.2) is 0 Å². The second-order valence-corrected chi connectivity index (χ2v) is 5.10. The van der Waals surface area contributed by atoms with Crippen molar-refractivity contribution in [3.63, 3.8) is 0 Å². The molecule has 0 saturated carbocycles. The van der Waals surface area contributed by atoms with Crippen molar-refractivity contribution in [3.8, 4) is 0 Å². The second-order valence-electron chi connectivity index (χ2n) is 5.10. The second kappa shape index (κ2) is 6.57.